The highest BCUT2D eigenvalue weighted by Crippen LogP contribution is 2.41. The Morgan fingerprint density at radius 3 is 2.41 bits per heavy atom. The van der Waals surface area contributed by atoms with Crippen molar-refractivity contribution in [2.45, 2.75) is 58.9 Å². The molecule has 1 heterocycles. The number of benzene rings is 1. The van der Waals surface area contributed by atoms with Crippen molar-refractivity contribution < 1.29 is 27.8 Å². The number of carbonyl (C=O) groups excluding carboxylic acids is 1. The molecule has 2 rings (SSSR count). The van der Waals surface area contributed by atoms with Crippen molar-refractivity contribution in [3.05, 3.63) is 29.3 Å². The number of hydrogen-bond acceptors (Lipinski definition) is 4. The Labute approximate surface area is 156 Å². The van der Waals surface area contributed by atoms with Crippen molar-refractivity contribution in [3.63, 3.8) is 0 Å². The first kappa shape index (κ1) is 21.2. The molecule has 0 spiro atoms. The number of halogens is 3. The molecule has 0 saturated heterocycles. The van der Waals surface area contributed by atoms with E-state index in [9.17, 15) is 23.1 Å². The normalized spacial score (nSPS) is 20.2. The van der Waals surface area contributed by atoms with Gasteiger partial charge in [-0.3, -0.25) is 4.79 Å². The Morgan fingerprint density at radius 1 is 1.30 bits per heavy atom. The summed E-state index contributed by atoms with van der Waals surface area (Å²) in [5, 5.41) is 14.1. The minimum Gasteiger partial charge on any atom is -0.484 e. The van der Waals surface area contributed by atoms with Crippen molar-refractivity contribution in [3.8, 4) is 5.75 Å². The molecule has 1 aliphatic heterocycles. The quantitative estimate of drug-likeness (QED) is 0.805. The van der Waals surface area contributed by atoms with Crippen molar-refractivity contribution >= 4 is 11.6 Å². The molecule has 1 amide bonds. The van der Waals surface area contributed by atoms with E-state index in [1.165, 1.54) is 0 Å². The van der Waals surface area contributed by atoms with Gasteiger partial charge in [0.2, 0.25) is 0 Å². The van der Waals surface area contributed by atoms with Crippen molar-refractivity contribution in [2.24, 2.45) is 11.0 Å². The van der Waals surface area contributed by atoms with Crippen LogP contribution in [0.4, 0.5) is 13.2 Å². The summed E-state index contributed by atoms with van der Waals surface area (Å²) >= 11 is 0. The Bertz CT molecular complexity index is 711. The fraction of sp³-hybridized carbons (Fsp3) is 0.579. The fourth-order valence-electron chi connectivity index (χ4n) is 2.92. The number of aryl methyl sites for hydroxylation is 2. The zero-order valence-corrected chi connectivity index (χ0v) is 15.9. The summed E-state index contributed by atoms with van der Waals surface area (Å²) in [6, 6.07) is 5.26. The maximum Gasteiger partial charge on any atom is 0.438 e. The molecule has 0 radical (unpaired) electrons. The molecule has 0 aromatic heterocycles. The first-order valence-electron chi connectivity index (χ1n) is 8.82. The largest absolute Gasteiger partial charge is 0.484 e. The van der Waals surface area contributed by atoms with Crippen LogP contribution in [0.1, 0.15) is 44.2 Å². The Balaban J connectivity index is 2.15. The molecule has 0 fully saturated rings. The minimum atomic E-state index is -5.02. The van der Waals surface area contributed by atoms with E-state index in [2.05, 4.69) is 5.10 Å². The molecule has 150 valence electrons. The lowest BCUT2D eigenvalue weighted by atomic mass is 9.99. The number of amides is 1. The summed E-state index contributed by atoms with van der Waals surface area (Å²) in [7, 11) is 0. The summed E-state index contributed by atoms with van der Waals surface area (Å²) in [5.41, 5.74) is -1.37. The van der Waals surface area contributed by atoms with Crippen LogP contribution in [0.15, 0.2) is 23.3 Å². The second-order valence-corrected chi connectivity index (χ2v) is 7.41. The summed E-state index contributed by atoms with van der Waals surface area (Å²) in [5.74, 6) is -0.405. The number of aliphatic hydroxyl groups is 1. The molecule has 1 aliphatic rings. The number of hydrogen-bond donors (Lipinski definition) is 1. The van der Waals surface area contributed by atoms with E-state index in [-0.39, 0.29) is 23.1 Å². The first-order chi connectivity index (χ1) is 12.4. The maximum absolute atomic E-state index is 13.4. The van der Waals surface area contributed by atoms with Gasteiger partial charge in [-0.05, 0) is 55.9 Å². The number of nitrogens with zero attached hydrogens (tertiary/aromatic N) is 2. The molecule has 1 aromatic carbocycles. The first-order valence-corrected chi connectivity index (χ1v) is 8.82. The lowest BCUT2D eigenvalue weighted by Gasteiger charge is -2.32. The smallest absolute Gasteiger partial charge is 0.438 e. The van der Waals surface area contributed by atoms with Gasteiger partial charge < -0.3 is 9.84 Å². The van der Waals surface area contributed by atoms with Crippen LogP contribution in [-0.4, -0.2) is 40.2 Å². The van der Waals surface area contributed by atoms with E-state index in [0.29, 0.717) is 12.2 Å². The van der Waals surface area contributed by atoms with Gasteiger partial charge in [0.25, 0.3) is 11.6 Å². The lowest BCUT2D eigenvalue weighted by Crippen LogP contribution is -2.57. The van der Waals surface area contributed by atoms with Crippen molar-refractivity contribution in [2.75, 3.05) is 6.61 Å². The third-order valence-electron chi connectivity index (χ3n) is 4.30. The second kappa shape index (κ2) is 7.88. The molecule has 8 heteroatoms. The SMILES string of the molecule is Cc1cc(C)cc(OCC(=O)N2N=C(CCC(C)C)C[C@@]2(O)C(F)(F)F)c1. The summed E-state index contributed by atoms with van der Waals surface area (Å²) in [6.45, 7) is 6.91. The van der Waals surface area contributed by atoms with Gasteiger partial charge in [-0.15, -0.1) is 0 Å². The van der Waals surface area contributed by atoms with Gasteiger partial charge >= 0.3 is 6.18 Å². The molecule has 5 nitrogen and oxygen atoms in total. The summed E-state index contributed by atoms with van der Waals surface area (Å²) < 4.78 is 45.7. The average molecular weight is 386 g/mol. The van der Waals surface area contributed by atoms with Crippen LogP contribution in [0.2, 0.25) is 0 Å². The standard InChI is InChI=1S/C19H25F3N2O3/c1-12(2)5-6-15-10-18(26,19(20,21)22)24(23-15)17(25)11-27-16-8-13(3)7-14(4)9-16/h7-9,12,26H,5-6,10-11H2,1-4H3/t18-/m1/s1. The summed E-state index contributed by atoms with van der Waals surface area (Å²) in [4.78, 5) is 12.4. The van der Waals surface area contributed by atoms with E-state index in [0.717, 1.165) is 11.1 Å². The van der Waals surface area contributed by atoms with Gasteiger partial charge in [0.15, 0.2) is 6.61 Å². The van der Waals surface area contributed by atoms with Crippen LogP contribution >= 0.6 is 0 Å². The molecule has 0 saturated carbocycles. The molecule has 0 bridgehead atoms. The predicted octanol–water partition coefficient (Wildman–Crippen LogP) is 3.96. The number of ether oxygens (including phenoxy) is 1. The third kappa shape index (κ3) is 5.00. The molecule has 1 aromatic rings. The number of carbonyl (C=O) groups is 1. The van der Waals surface area contributed by atoms with Crippen LogP contribution in [0.25, 0.3) is 0 Å². The number of rotatable bonds is 6. The zero-order valence-electron chi connectivity index (χ0n) is 15.9. The van der Waals surface area contributed by atoms with Crippen LogP contribution in [0.3, 0.4) is 0 Å². The van der Waals surface area contributed by atoms with E-state index < -0.39 is 30.8 Å². The van der Waals surface area contributed by atoms with Gasteiger partial charge in [0, 0.05) is 12.1 Å². The Hall–Kier alpha value is -2.09. The number of alkyl halides is 3. The van der Waals surface area contributed by atoms with Gasteiger partial charge in [-0.1, -0.05) is 19.9 Å². The highest BCUT2D eigenvalue weighted by Gasteiger charge is 2.63. The van der Waals surface area contributed by atoms with Gasteiger partial charge in [0.1, 0.15) is 5.75 Å². The predicted molar refractivity (Wildman–Crippen MR) is 95.4 cm³/mol. The fourth-order valence-corrected chi connectivity index (χ4v) is 2.92. The number of hydrazone groups is 1. The van der Waals surface area contributed by atoms with E-state index >= 15 is 0 Å². The van der Waals surface area contributed by atoms with Crippen LogP contribution in [0, 0.1) is 19.8 Å². The van der Waals surface area contributed by atoms with Crippen molar-refractivity contribution in [1.82, 2.24) is 5.01 Å². The van der Waals surface area contributed by atoms with E-state index in [4.69, 9.17) is 4.74 Å². The topological polar surface area (TPSA) is 62.1 Å². The summed E-state index contributed by atoms with van der Waals surface area (Å²) in [6.07, 6.45) is -4.85. The maximum atomic E-state index is 13.4. The van der Waals surface area contributed by atoms with Crippen molar-refractivity contribution in [1.29, 1.82) is 0 Å². The second-order valence-electron chi connectivity index (χ2n) is 7.41. The average Bonchev–Trinajstić information content (AvgIpc) is 2.88. The van der Waals surface area contributed by atoms with Gasteiger partial charge in [-0.25, -0.2) is 0 Å². The Morgan fingerprint density at radius 2 is 1.89 bits per heavy atom. The highest BCUT2D eigenvalue weighted by atomic mass is 19.4. The molecular formula is C19H25F3N2O3. The van der Waals surface area contributed by atoms with E-state index in [1.54, 1.807) is 12.1 Å². The molecule has 0 unspecified atom stereocenters. The zero-order chi connectivity index (χ0) is 20.4. The van der Waals surface area contributed by atoms with Gasteiger partial charge in [-0.2, -0.15) is 23.3 Å². The minimum absolute atomic E-state index is 0.130. The Kier molecular flexibility index (Phi) is 6.19. The van der Waals surface area contributed by atoms with Crippen LogP contribution in [-0.2, 0) is 4.79 Å². The monoisotopic (exact) mass is 386 g/mol. The molecule has 27 heavy (non-hydrogen) atoms. The molecular weight excluding hydrogens is 361 g/mol. The van der Waals surface area contributed by atoms with E-state index in [1.807, 2.05) is 33.8 Å². The third-order valence-corrected chi connectivity index (χ3v) is 4.30. The van der Waals surface area contributed by atoms with Crippen LogP contribution < -0.4 is 4.74 Å². The lowest BCUT2D eigenvalue weighted by molar-refractivity contribution is -0.302. The van der Waals surface area contributed by atoms with Gasteiger partial charge in [0.05, 0.1) is 0 Å². The molecule has 0 aliphatic carbocycles. The highest BCUT2D eigenvalue weighted by molar-refractivity contribution is 5.91. The molecule has 1 atom stereocenters. The van der Waals surface area contributed by atoms with Crippen LogP contribution in [0.5, 0.6) is 5.75 Å². The molecule has 1 N–H and O–H groups in total.